The first-order chi connectivity index (χ1) is 8.39. The second-order valence-electron chi connectivity index (χ2n) is 5.03. The Balaban J connectivity index is 0.000000360. The molecule has 6 nitrogen and oxygen atoms in total. The highest BCUT2D eigenvalue weighted by Crippen LogP contribution is 2.02. The number of nitrogens with one attached hydrogen (secondary N) is 2. The van der Waals surface area contributed by atoms with E-state index in [-0.39, 0.29) is 11.5 Å². The Bertz CT molecular complexity index is 245. The second-order valence-corrected chi connectivity index (χ2v) is 5.03. The van der Waals surface area contributed by atoms with Crippen LogP contribution in [0.3, 0.4) is 0 Å². The van der Waals surface area contributed by atoms with Crippen LogP contribution in [0, 0.1) is 0 Å². The number of rotatable bonds is 3. The van der Waals surface area contributed by atoms with Gasteiger partial charge in [-0.05, 0) is 20.8 Å². The minimum Gasteiger partial charge on any atom is -0.462 e. The van der Waals surface area contributed by atoms with Crippen molar-refractivity contribution in [3.05, 3.63) is 0 Å². The van der Waals surface area contributed by atoms with Crippen LogP contribution >= 0.6 is 0 Å². The minimum atomic E-state index is -0.318. The van der Waals surface area contributed by atoms with Gasteiger partial charge < -0.3 is 15.4 Å². The van der Waals surface area contributed by atoms with Gasteiger partial charge in [0.2, 0.25) is 5.91 Å². The molecule has 0 aromatic rings. The first kappa shape index (κ1) is 16.9. The zero-order valence-corrected chi connectivity index (χ0v) is 11.8. The van der Waals surface area contributed by atoms with E-state index in [1.165, 1.54) is 0 Å². The molecule has 0 aromatic heterocycles. The van der Waals surface area contributed by atoms with Crippen molar-refractivity contribution in [1.82, 2.24) is 15.5 Å². The van der Waals surface area contributed by atoms with Gasteiger partial charge in [0.1, 0.15) is 5.60 Å². The highest BCUT2D eigenvalue weighted by molar-refractivity contribution is 5.77. The molecular formula is C12H25N3O3. The molecule has 0 aromatic carbocycles. The fraction of sp³-hybridized carbons (Fsp3) is 0.833. The molecule has 0 unspecified atom stereocenters. The van der Waals surface area contributed by atoms with E-state index in [2.05, 4.69) is 20.3 Å². The quantitative estimate of drug-likeness (QED) is 0.675. The van der Waals surface area contributed by atoms with Gasteiger partial charge in [-0.3, -0.25) is 14.5 Å². The molecule has 0 aliphatic carbocycles. The van der Waals surface area contributed by atoms with Crippen LogP contribution in [0.25, 0.3) is 0 Å². The molecule has 1 rings (SSSR count). The van der Waals surface area contributed by atoms with E-state index in [0.717, 1.165) is 26.2 Å². The van der Waals surface area contributed by atoms with Crippen LogP contribution in [-0.2, 0) is 14.3 Å². The zero-order chi connectivity index (χ0) is 14.0. The standard InChI is InChI=1S/C7H15N3O.C5H10O2/c1-8-7(11)6-10-4-2-9-3-5-10;1-5(2,3)7-4-6/h9H,2-6H2,1H3,(H,8,11);4H,1-3H3. The van der Waals surface area contributed by atoms with E-state index in [0.29, 0.717) is 13.0 Å². The molecule has 0 spiro atoms. The Morgan fingerprint density at radius 2 is 1.94 bits per heavy atom. The van der Waals surface area contributed by atoms with Crippen LogP contribution in [0.2, 0.25) is 0 Å². The maximum Gasteiger partial charge on any atom is 0.293 e. The van der Waals surface area contributed by atoms with Crippen LogP contribution in [-0.4, -0.2) is 62.7 Å². The summed E-state index contributed by atoms with van der Waals surface area (Å²) in [5, 5.41) is 5.84. The molecule has 18 heavy (non-hydrogen) atoms. The molecular weight excluding hydrogens is 234 g/mol. The topological polar surface area (TPSA) is 70.7 Å². The molecule has 1 aliphatic heterocycles. The summed E-state index contributed by atoms with van der Waals surface area (Å²) in [6.45, 7) is 10.4. The van der Waals surface area contributed by atoms with Crippen molar-refractivity contribution < 1.29 is 14.3 Å². The maximum absolute atomic E-state index is 10.9. The van der Waals surface area contributed by atoms with Crippen LogP contribution in [0.4, 0.5) is 0 Å². The third-order valence-electron chi connectivity index (χ3n) is 2.26. The third kappa shape index (κ3) is 10.0. The van der Waals surface area contributed by atoms with Gasteiger partial charge in [-0.15, -0.1) is 0 Å². The highest BCUT2D eigenvalue weighted by atomic mass is 16.5. The monoisotopic (exact) mass is 259 g/mol. The van der Waals surface area contributed by atoms with Crippen molar-refractivity contribution in [3.8, 4) is 0 Å². The summed E-state index contributed by atoms with van der Waals surface area (Å²) in [6.07, 6.45) is 0. The number of likely N-dealkylation sites (N-methyl/N-ethyl adjacent to an activating group) is 1. The molecule has 6 heteroatoms. The van der Waals surface area contributed by atoms with Gasteiger partial charge in [-0.25, -0.2) is 0 Å². The number of nitrogens with zero attached hydrogens (tertiary/aromatic N) is 1. The van der Waals surface area contributed by atoms with Gasteiger partial charge in [0.25, 0.3) is 6.47 Å². The first-order valence-corrected chi connectivity index (χ1v) is 6.14. The zero-order valence-electron chi connectivity index (χ0n) is 11.8. The van der Waals surface area contributed by atoms with Crippen molar-refractivity contribution in [2.24, 2.45) is 0 Å². The smallest absolute Gasteiger partial charge is 0.293 e. The molecule has 0 radical (unpaired) electrons. The molecule has 2 N–H and O–H groups in total. The van der Waals surface area contributed by atoms with Crippen molar-refractivity contribution in [2.75, 3.05) is 39.8 Å². The van der Waals surface area contributed by atoms with Crippen LogP contribution < -0.4 is 10.6 Å². The number of ether oxygens (including phenoxy) is 1. The Morgan fingerprint density at radius 1 is 1.39 bits per heavy atom. The van der Waals surface area contributed by atoms with E-state index in [1.807, 2.05) is 20.8 Å². The van der Waals surface area contributed by atoms with Gasteiger partial charge in [0, 0.05) is 33.2 Å². The Morgan fingerprint density at radius 3 is 2.28 bits per heavy atom. The largest absolute Gasteiger partial charge is 0.462 e. The molecule has 1 aliphatic rings. The van der Waals surface area contributed by atoms with Crippen LogP contribution in [0.15, 0.2) is 0 Å². The molecule has 0 atom stereocenters. The van der Waals surface area contributed by atoms with Gasteiger partial charge in [-0.1, -0.05) is 0 Å². The summed E-state index contributed by atoms with van der Waals surface area (Å²) in [4.78, 5) is 22.7. The average molecular weight is 259 g/mol. The number of piperazine rings is 1. The van der Waals surface area contributed by atoms with Crippen LogP contribution in [0.5, 0.6) is 0 Å². The van der Waals surface area contributed by atoms with Crippen molar-refractivity contribution in [2.45, 2.75) is 26.4 Å². The number of amides is 1. The molecule has 0 saturated carbocycles. The Kier molecular flexibility index (Phi) is 8.32. The van der Waals surface area contributed by atoms with E-state index < -0.39 is 0 Å². The van der Waals surface area contributed by atoms with E-state index in [9.17, 15) is 9.59 Å². The molecule has 1 heterocycles. The maximum atomic E-state index is 10.9. The minimum absolute atomic E-state index is 0.104. The van der Waals surface area contributed by atoms with Gasteiger partial charge in [-0.2, -0.15) is 0 Å². The number of carbonyl (C=O) groups is 2. The van der Waals surface area contributed by atoms with Crippen molar-refractivity contribution in [1.29, 1.82) is 0 Å². The molecule has 1 fully saturated rings. The van der Waals surface area contributed by atoms with Crippen LogP contribution in [0.1, 0.15) is 20.8 Å². The number of hydrogen-bond acceptors (Lipinski definition) is 5. The van der Waals surface area contributed by atoms with E-state index in [4.69, 9.17) is 0 Å². The van der Waals surface area contributed by atoms with E-state index >= 15 is 0 Å². The molecule has 0 bridgehead atoms. The summed E-state index contributed by atoms with van der Waals surface area (Å²) in [5.74, 6) is 0.104. The van der Waals surface area contributed by atoms with Crippen molar-refractivity contribution >= 4 is 12.4 Å². The summed E-state index contributed by atoms with van der Waals surface area (Å²) in [6, 6.07) is 0. The highest BCUT2D eigenvalue weighted by Gasteiger charge is 2.11. The fourth-order valence-electron chi connectivity index (χ4n) is 1.30. The number of carbonyl (C=O) groups excluding carboxylic acids is 2. The summed E-state index contributed by atoms with van der Waals surface area (Å²) < 4.78 is 4.55. The Labute approximate surface area is 109 Å². The lowest BCUT2D eigenvalue weighted by molar-refractivity contribution is -0.138. The molecule has 106 valence electrons. The molecule has 1 saturated heterocycles. The lowest BCUT2D eigenvalue weighted by Crippen LogP contribution is -2.47. The fourth-order valence-corrected chi connectivity index (χ4v) is 1.30. The normalized spacial score (nSPS) is 16.2. The first-order valence-electron chi connectivity index (χ1n) is 6.14. The van der Waals surface area contributed by atoms with E-state index in [1.54, 1.807) is 7.05 Å². The van der Waals surface area contributed by atoms with Gasteiger partial charge in [0.15, 0.2) is 0 Å². The third-order valence-corrected chi connectivity index (χ3v) is 2.26. The van der Waals surface area contributed by atoms with Crippen molar-refractivity contribution in [3.63, 3.8) is 0 Å². The van der Waals surface area contributed by atoms with Gasteiger partial charge >= 0.3 is 0 Å². The SMILES string of the molecule is CC(C)(C)OC=O.CNC(=O)CN1CCNCC1. The van der Waals surface area contributed by atoms with Gasteiger partial charge in [0.05, 0.1) is 6.54 Å². The average Bonchev–Trinajstić information content (AvgIpc) is 2.29. The summed E-state index contributed by atoms with van der Waals surface area (Å²) in [7, 11) is 1.67. The second kappa shape index (κ2) is 8.88. The lowest BCUT2D eigenvalue weighted by atomic mass is 10.2. The summed E-state index contributed by atoms with van der Waals surface area (Å²) in [5.41, 5.74) is -0.318. The predicted molar refractivity (Wildman–Crippen MR) is 70.3 cm³/mol. The Hall–Kier alpha value is -1.14. The lowest BCUT2D eigenvalue weighted by Gasteiger charge is -2.26. The summed E-state index contributed by atoms with van der Waals surface area (Å²) >= 11 is 0. The number of hydrogen-bond donors (Lipinski definition) is 2. The molecule has 1 amide bonds. The predicted octanol–water partition coefficient (Wildman–Crippen LogP) is -0.404.